The summed E-state index contributed by atoms with van der Waals surface area (Å²) < 4.78 is 11.8. The van der Waals surface area contributed by atoms with Crippen LogP contribution in [0.4, 0.5) is 0 Å². The maximum absolute atomic E-state index is 9.90. The van der Waals surface area contributed by atoms with Crippen molar-refractivity contribution in [1.82, 2.24) is 4.90 Å². The molecule has 0 radical (unpaired) electrons. The average molecular weight is 316 g/mol. The monoisotopic (exact) mass is 315 g/mol. The van der Waals surface area contributed by atoms with Crippen LogP contribution < -0.4 is 4.74 Å². The minimum atomic E-state index is -0.466. The number of rotatable bonds is 5. The Morgan fingerprint density at radius 1 is 1.28 bits per heavy atom. The Morgan fingerprint density at radius 2 is 1.94 bits per heavy atom. The number of nitrogens with zero attached hydrogens (tertiary/aromatic N) is 1. The first-order valence-corrected chi connectivity index (χ1v) is 6.90. The Labute approximate surface area is 116 Å². The van der Waals surface area contributed by atoms with E-state index in [9.17, 15) is 5.11 Å². The highest BCUT2D eigenvalue weighted by atomic mass is 79.9. The summed E-state index contributed by atoms with van der Waals surface area (Å²) in [5.41, 5.74) is 0. The third-order valence-corrected chi connectivity index (χ3v) is 3.36. The lowest BCUT2D eigenvalue weighted by Crippen LogP contribution is -2.42. The van der Waals surface area contributed by atoms with Gasteiger partial charge in [-0.05, 0) is 24.3 Å². The minimum absolute atomic E-state index is 0.318. The van der Waals surface area contributed by atoms with E-state index in [-0.39, 0.29) is 0 Å². The lowest BCUT2D eigenvalue weighted by molar-refractivity contribution is 0.00465. The highest BCUT2D eigenvalue weighted by molar-refractivity contribution is 9.10. The van der Waals surface area contributed by atoms with Crippen molar-refractivity contribution in [2.24, 2.45) is 0 Å². The summed E-state index contributed by atoms with van der Waals surface area (Å²) in [5.74, 6) is 0.777. The van der Waals surface area contributed by atoms with Gasteiger partial charge in [0.25, 0.3) is 0 Å². The number of aliphatic hydroxyl groups excluding tert-OH is 1. The predicted molar refractivity (Wildman–Crippen MR) is 72.9 cm³/mol. The Bertz CT molecular complexity index is 352. The molecule has 1 aromatic carbocycles. The molecule has 0 saturated carbocycles. The van der Waals surface area contributed by atoms with Crippen LogP contribution >= 0.6 is 15.9 Å². The Hall–Kier alpha value is -0.620. The molecule has 1 N–H and O–H groups in total. The van der Waals surface area contributed by atoms with Crippen molar-refractivity contribution in [3.05, 3.63) is 28.7 Å². The third kappa shape index (κ3) is 4.57. The van der Waals surface area contributed by atoms with Gasteiger partial charge < -0.3 is 14.6 Å². The van der Waals surface area contributed by atoms with Crippen LogP contribution in [0.5, 0.6) is 5.75 Å². The van der Waals surface area contributed by atoms with Crippen LogP contribution in [0.25, 0.3) is 0 Å². The van der Waals surface area contributed by atoms with E-state index in [4.69, 9.17) is 9.47 Å². The molecule has 0 aromatic heterocycles. The standard InChI is InChI=1S/C13H18BrNO3/c14-11-1-3-13(4-2-11)18-10-12(16)9-15-5-7-17-8-6-15/h1-4,12,16H,5-10H2/t12-/m0/s1. The van der Waals surface area contributed by atoms with E-state index < -0.39 is 6.10 Å². The molecular weight excluding hydrogens is 298 g/mol. The van der Waals surface area contributed by atoms with Gasteiger partial charge in [-0.3, -0.25) is 4.90 Å². The van der Waals surface area contributed by atoms with Crippen LogP contribution in [0.1, 0.15) is 0 Å². The van der Waals surface area contributed by atoms with Gasteiger partial charge >= 0.3 is 0 Å². The quantitative estimate of drug-likeness (QED) is 0.894. The van der Waals surface area contributed by atoms with Crippen molar-refractivity contribution in [2.75, 3.05) is 39.5 Å². The zero-order valence-electron chi connectivity index (χ0n) is 10.2. The molecule has 1 saturated heterocycles. The number of hydrogen-bond donors (Lipinski definition) is 1. The van der Waals surface area contributed by atoms with Crippen molar-refractivity contribution in [1.29, 1.82) is 0 Å². The molecule has 4 nitrogen and oxygen atoms in total. The molecule has 0 unspecified atom stereocenters. The number of morpholine rings is 1. The molecule has 1 fully saturated rings. The summed E-state index contributed by atoms with van der Waals surface area (Å²) in [6.45, 7) is 4.23. The lowest BCUT2D eigenvalue weighted by Gasteiger charge is -2.28. The summed E-state index contributed by atoms with van der Waals surface area (Å²) in [6, 6.07) is 7.60. The van der Waals surface area contributed by atoms with E-state index in [1.807, 2.05) is 24.3 Å². The first-order valence-electron chi connectivity index (χ1n) is 6.10. The Morgan fingerprint density at radius 3 is 2.61 bits per heavy atom. The molecule has 1 aromatic rings. The fourth-order valence-corrected chi connectivity index (χ4v) is 2.12. The second kappa shape index (κ2) is 7.09. The number of halogens is 1. The summed E-state index contributed by atoms with van der Waals surface area (Å²) >= 11 is 3.37. The van der Waals surface area contributed by atoms with Crippen LogP contribution in [0.2, 0.25) is 0 Å². The van der Waals surface area contributed by atoms with Gasteiger partial charge in [-0.25, -0.2) is 0 Å². The minimum Gasteiger partial charge on any atom is -0.491 e. The molecule has 0 bridgehead atoms. The van der Waals surface area contributed by atoms with Crippen LogP contribution in [0.15, 0.2) is 28.7 Å². The van der Waals surface area contributed by atoms with Gasteiger partial charge in [-0.1, -0.05) is 15.9 Å². The van der Waals surface area contributed by atoms with E-state index in [0.29, 0.717) is 13.2 Å². The molecule has 0 aliphatic carbocycles. The highest BCUT2D eigenvalue weighted by Crippen LogP contribution is 2.16. The maximum atomic E-state index is 9.90. The second-order valence-electron chi connectivity index (χ2n) is 4.33. The zero-order valence-corrected chi connectivity index (χ0v) is 11.8. The lowest BCUT2D eigenvalue weighted by atomic mass is 10.3. The smallest absolute Gasteiger partial charge is 0.119 e. The van der Waals surface area contributed by atoms with Gasteiger partial charge in [-0.2, -0.15) is 0 Å². The third-order valence-electron chi connectivity index (χ3n) is 2.83. The number of β-amino-alcohol motifs (C(OH)–C–C–N with tert-alkyl or cyclic N) is 1. The maximum Gasteiger partial charge on any atom is 0.119 e. The number of hydrogen-bond acceptors (Lipinski definition) is 4. The topological polar surface area (TPSA) is 41.9 Å². The first kappa shape index (κ1) is 13.8. The van der Waals surface area contributed by atoms with E-state index in [2.05, 4.69) is 20.8 Å². The van der Waals surface area contributed by atoms with Gasteiger partial charge in [0, 0.05) is 24.1 Å². The molecule has 5 heteroatoms. The molecule has 100 valence electrons. The van der Waals surface area contributed by atoms with Crippen molar-refractivity contribution in [2.45, 2.75) is 6.10 Å². The van der Waals surface area contributed by atoms with Crippen LogP contribution in [-0.4, -0.2) is 55.6 Å². The van der Waals surface area contributed by atoms with E-state index >= 15 is 0 Å². The summed E-state index contributed by atoms with van der Waals surface area (Å²) in [4.78, 5) is 2.19. The molecule has 0 spiro atoms. The zero-order chi connectivity index (χ0) is 12.8. The van der Waals surface area contributed by atoms with Gasteiger partial charge in [0.2, 0.25) is 0 Å². The molecule has 2 rings (SSSR count). The SMILES string of the molecule is O[C@H](COc1ccc(Br)cc1)CN1CCOCC1. The van der Waals surface area contributed by atoms with Crippen molar-refractivity contribution in [3.63, 3.8) is 0 Å². The van der Waals surface area contributed by atoms with Crippen LogP contribution in [0, 0.1) is 0 Å². The molecule has 18 heavy (non-hydrogen) atoms. The van der Waals surface area contributed by atoms with E-state index in [1.165, 1.54) is 0 Å². The summed E-state index contributed by atoms with van der Waals surface area (Å²) in [6.07, 6.45) is -0.466. The first-order chi connectivity index (χ1) is 8.74. The van der Waals surface area contributed by atoms with Crippen molar-refractivity contribution >= 4 is 15.9 Å². The van der Waals surface area contributed by atoms with E-state index in [0.717, 1.165) is 36.5 Å². The largest absolute Gasteiger partial charge is 0.491 e. The van der Waals surface area contributed by atoms with Crippen LogP contribution in [0.3, 0.4) is 0 Å². The second-order valence-corrected chi connectivity index (χ2v) is 5.25. The molecule has 1 heterocycles. The molecule has 1 atom stereocenters. The van der Waals surface area contributed by atoms with Gasteiger partial charge in [0.1, 0.15) is 18.5 Å². The molecule has 1 aliphatic heterocycles. The van der Waals surface area contributed by atoms with Crippen molar-refractivity contribution in [3.8, 4) is 5.75 Å². The van der Waals surface area contributed by atoms with Crippen LogP contribution in [-0.2, 0) is 4.74 Å². The van der Waals surface area contributed by atoms with Gasteiger partial charge in [0.15, 0.2) is 0 Å². The number of ether oxygens (including phenoxy) is 2. The van der Waals surface area contributed by atoms with Gasteiger partial charge in [0.05, 0.1) is 13.2 Å². The highest BCUT2D eigenvalue weighted by Gasteiger charge is 2.15. The normalized spacial score (nSPS) is 18.6. The average Bonchev–Trinajstić information content (AvgIpc) is 2.39. The fraction of sp³-hybridized carbons (Fsp3) is 0.538. The molecule has 1 aliphatic rings. The van der Waals surface area contributed by atoms with Crippen molar-refractivity contribution < 1.29 is 14.6 Å². The Balaban J connectivity index is 1.70. The molecular formula is C13H18BrNO3. The predicted octanol–water partition coefficient (Wildman–Crippen LogP) is 1.52. The Kier molecular flexibility index (Phi) is 5.44. The number of benzene rings is 1. The number of aliphatic hydroxyl groups is 1. The molecule has 0 amide bonds. The summed E-state index contributed by atoms with van der Waals surface area (Å²) in [5, 5.41) is 9.90. The fourth-order valence-electron chi connectivity index (χ4n) is 1.86. The summed E-state index contributed by atoms with van der Waals surface area (Å²) in [7, 11) is 0. The van der Waals surface area contributed by atoms with E-state index in [1.54, 1.807) is 0 Å². The van der Waals surface area contributed by atoms with Gasteiger partial charge in [-0.15, -0.1) is 0 Å².